The molecule has 0 radical (unpaired) electrons. The van der Waals surface area contributed by atoms with E-state index in [1.807, 2.05) is 62.4 Å². The minimum absolute atomic E-state index is 0.144. The number of amides is 1. The monoisotopic (exact) mass is 458 g/mol. The minimum Gasteiger partial charge on any atom is -0.350 e. The van der Waals surface area contributed by atoms with E-state index in [1.165, 1.54) is 4.31 Å². The van der Waals surface area contributed by atoms with Crippen LogP contribution in [0.25, 0.3) is 10.8 Å². The Morgan fingerprint density at radius 1 is 0.818 bits per heavy atom. The number of carbonyl (C=O) groups excluding carboxylic acids is 1. The molecule has 0 aliphatic heterocycles. The molecule has 1 amide bonds. The summed E-state index contributed by atoms with van der Waals surface area (Å²) in [5.74, 6) is -0.374. The van der Waals surface area contributed by atoms with Crippen molar-refractivity contribution in [2.75, 3.05) is 10.8 Å². The third-order valence-corrected chi connectivity index (χ3v) is 7.26. The second kappa shape index (κ2) is 9.46. The summed E-state index contributed by atoms with van der Waals surface area (Å²) in [6.07, 6.45) is 0. The van der Waals surface area contributed by atoms with Crippen LogP contribution < -0.4 is 9.62 Å². The molecule has 1 N–H and O–H groups in total. The van der Waals surface area contributed by atoms with Crippen molar-refractivity contribution < 1.29 is 13.2 Å². The van der Waals surface area contributed by atoms with Gasteiger partial charge in [-0.1, -0.05) is 66.7 Å². The standard InChI is InChI=1S/C27H26N2O3S/c1-20-15-21(2)17-24(16-20)29(33(31,32)25-12-4-3-5-13-25)19-27(30)28-18-23-11-8-10-22-9-6-7-14-26(22)23/h3-17H,18-19H2,1-2H3,(H,28,30). The predicted molar refractivity (Wildman–Crippen MR) is 133 cm³/mol. The van der Waals surface area contributed by atoms with Crippen molar-refractivity contribution in [2.24, 2.45) is 0 Å². The van der Waals surface area contributed by atoms with E-state index < -0.39 is 10.0 Å². The topological polar surface area (TPSA) is 66.5 Å². The van der Waals surface area contributed by atoms with Crippen LogP contribution in [-0.4, -0.2) is 20.9 Å². The molecule has 0 fully saturated rings. The third kappa shape index (κ3) is 5.07. The van der Waals surface area contributed by atoms with Crippen molar-refractivity contribution in [1.29, 1.82) is 0 Å². The SMILES string of the molecule is Cc1cc(C)cc(N(CC(=O)NCc2cccc3ccccc23)S(=O)(=O)c2ccccc2)c1. The number of aryl methyl sites for hydroxylation is 2. The molecule has 0 saturated heterocycles. The molecule has 6 heteroatoms. The average molecular weight is 459 g/mol. The van der Waals surface area contributed by atoms with Gasteiger partial charge >= 0.3 is 0 Å². The highest BCUT2D eigenvalue weighted by Gasteiger charge is 2.27. The Labute approximate surface area is 194 Å². The Kier molecular flexibility index (Phi) is 6.47. The smallest absolute Gasteiger partial charge is 0.264 e. The molecule has 0 aliphatic carbocycles. The first-order chi connectivity index (χ1) is 15.8. The molecular formula is C27H26N2O3S. The van der Waals surface area contributed by atoms with Gasteiger partial charge < -0.3 is 5.32 Å². The molecule has 0 aromatic heterocycles. The van der Waals surface area contributed by atoms with Crippen molar-refractivity contribution >= 4 is 32.4 Å². The van der Waals surface area contributed by atoms with Crippen molar-refractivity contribution in [1.82, 2.24) is 5.32 Å². The molecule has 4 aromatic carbocycles. The average Bonchev–Trinajstić information content (AvgIpc) is 2.81. The summed E-state index contributed by atoms with van der Waals surface area (Å²) >= 11 is 0. The number of carbonyl (C=O) groups is 1. The van der Waals surface area contributed by atoms with Crippen molar-refractivity contribution in [2.45, 2.75) is 25.3 Å². The minimum atomic E-state index is -3.93. The molecule has 0 saturated carbocycles. The van der Waals surface area contributed by atoms with Gasteiger partial charge in [0.1, 0.15) is 6.54 Å². The molecule has 0 bridgehead atoms. The van der Waals surface area contributed by atoms with E-state index in [2.05, 4.69) is 5.32 Å². The maximum Gasteiger partial charge on any atom is 0.264 e. The lowest BCUT2D eigenvalue weighted by molar-refractivity contribution is -0.119. The fourth-order valence-corrected chi connectivity index (χ4v) is 5.38. The molecule has 0 unspecified atom stereocenters. The fraction of sp³-hybridized carbons (Fsp3) is 0.148. The predicted octanol–water partition coefficient (Wildman–Crippen LogP) is 4.97. The summed E-state index contributed by atoms with van der Waals surface area (Å²) in [4.78, 5) is 13.1. The second-order valence-corrected chi connectivity index (χ2v) is 9.95. The number of anilines is 1. The van der Waals surface area contributed by atoms with Gasteiger partial charge in [0.25, 0.3) is 10.0 Å². The van der Waals surface area contributed by atoms with Gasteiger partial charge in [-0.05, 0) is 65.6 Å². The van der Waals surface area contributed by atoms with Gasteiger partial charge in [0.15, 0.2) is 0 Å². The number of hydrogen-bond donors (Lipinski definition) is 1. The van der Waals surface area contributed by atoms with E-state index in [0.717, 1.165) is 27.5 Å². The lowest BCUT2D eigenvalue weighted by atomic mass is 10.0. The molecule has 4 rings (SSSR count). The van der Waals surface area contributed by atoms with E-state index in [4.69, 9.17) is 0 Å². The summed E-state index contributed by atoms with van der Waals surface area (Å²) in [6, 6.07) is 27.6. The molecule has 5 nitrogen and oxygen atoms in total. The normalized spacial score (nSPS) is 11.3. The van der Waals surface area contributed by atoms with Crippen LogP contribution in [0.5, 0.6) is 0 Å². The number of nitrogens with one attached hydrogen (secondary N) is 1. The van der Waals surface area contributed by atoms with E-state index >= 15 is 0 Å². The van der Waals surface area contributed by atoms with Crippen LogP contribution in [0.2, 0.25) is 0 Å². The van der Waals surface area contributed by atoms with Crippen molar-refractivity contribution in [3.63, 3.8) is 0 Å². The molecule has 168 valence electrons. The third-order valence-electron chi connectivity index (χ3n) is 5.47. The van der Waals surface area contributed by atoms with Gasteiger partial charge in [0.05, 0.1) is 10.6 Å². The lowest BCUT2D eigenvalue weighted by Gasteiger charge is -2.25. The van der Waals surface area contributed by atoms with Gasteiger partial charge in [-0.2, -0.15) is 0 Å². The number of benzene rings is 4. The maximum atomic E-state index is 13.5. The summed E-state index contributed by atoms with van der Waals surface area (Å²) in [7, 11) is -3.93. The van der Waals surface area contributed by atoms with Crippen LogP contribution in [0.4, 0.5) is 5.69 Å². The first-order valence-corrected chi connectivity index (χ1v) is 12.2. The summed E-state index contributed by atoms with van der Waals surface area (Å²) in [5, 5.41) is 5.05. The van der Waals surface area contributed by atoms with Gasteiger partial charge in [-0.15, -0.1) is 0 Å². The molecule has 0 spiro atoms. The Hall–Kier alpha value is -3.64. The number of hydrogen-bond acceptors (Lipinski definition) is 3. The molecule has 33 heavy (non-hydrogen) atoms. The van der Waals surface area contributed by atoms with E-state index in [9.17, 15) is 13.2 Å². The van der Waals surface area contributed by atoms with Crippen LogP contribution in [0, 0.1) is 13.8 Å². The van der Waals surface area contributed by atoms with Crippen LogP contribution in [-0.2, 0) is 21.4 Å². The lowest BCUT2D eigenvalue weighted by Crippen LogP contribution is -2.40. The van der Waals surface area contributed by atoms with Crippen LogP contribution in [0.15, 0.2) is 95.9 Å². The maximum absolute atomic E-state index is 13.5. The van der Waals surface area contributed by atoms with Gasteiger partial charge in [-0.3, -0.25) is 9.10 Å². The Bertz CT molecular complexity index is 1370. The number of nitrogens with zero attached hydrogens (tertiary/aromatic N) is 1. The summed E-state index contributed by atoms with van der Waals surface area (Å²) in [5.41, 5.74) is 3.30. The zero-order chi connectivity index (χ0) is 23.4. The molecule has 4 aromatic rings. The zero-order valence-corrected chi connectivity index (χ0v) is 19.5. The highest BCUT2D eigenvalue weighted by atomic mass is 32.2. The van der Waals surface area contributed by atoms with Gasteiger partial charge in [0.2, 0.25) is 5.91 Å². The van der Waals surface area contributed by atoms with Crippen molar-refractivity contribution in [3.8, 4) is 0 Å². The van der Waals surface area contributed by atoms with Crippen LogP contribution in [0.1, 0.15) is 16.7 Å². The number of fused-ring (bicyclic) bond motifs is 1. The van der Waals surface area contributed by atoms with E-state index in [1.54, 1.807) is 42.5 Å². The fourth-order valence-electron chi connectivity index (χ4n) is 3.96. The Morgan fingerprint density at radius 3 is 2.18 bits per heavy atom. The van der Waals surface area contributed by atoms with E-state index in [-0.39, 0.29) is 17.3 Å². The van der Waals surface area contributed by atoms with Crippen LogP contribution in [0.3, 0.4) is 0 Å². The molecule has 0 atom stereocenters. The molecular weight excluding hydrogens is 432 g/mol. The first kappa shape index (κ1) is 22.6. The second-order valence-electron chi connectivity index (χ2n) is 8.09. The Morgan fingerprint density at radius 2 is 1.45 bits per heavy atom. The van der Waals surface area contributed by atoms with E-state index in [0.29, 0.717) is 12.2 Å². The van der Waals surface area contributed by atoms with Crippen LogP contribution >= 0.6 is 0 Å². The van der Waals surface area contributed by atoms with Crippen molar-refractivity contribution in [3.05, 3.63) is 108 Å². The highest BCUT2D eigenvalue weighted by molar-refractivity contribution is 7.92. The number of sulfonamides is 1. The number of rotatable bonds is 7. The van der Waals surface area contributed by atoms with Gasteiger partial charge in [-0.25, -0.2) is 8.42 Å². The largest absolute Gasteiger partial charge is 0.350 e. The highest BCUT2D eigenvalue weighted by Crippen LogP contribution is 2.26. The molecule has 0 aliphatic rings. The van der Waals surface area contributed by atoms with Gasteiger partial charge in [0, 0.05) is 6.54 Å². The summed E-state index contributed by atoms with van der Waals surface area (Å²) in [6.45, 7) is 3.81. The Balaban J connectivity index is 1.61. The quantitative estimate of drug-likeness (QED) is 0.425. The first-order valence-electron chi connectivity index (χ1n) is 10.7. The molecule has 0 heterocycles. The zero-order valence-electron chi connectivity index (χ0n) is 18.7. The summed E-state index contributed by atoms with van der Waals surface area (Å²) < 4.78 is 28.2.